The fraction of sp³-hybridized carbons (Fsp3) is 0.462. The van der Waals surface area contributed by atoms with E-state index in [1.54, 1.807) is 12.1 Å². The largest absolute Gasteiger partial charge is 0.395 e. The number of nitro benzene ring substituents is 1. The summed E-state index contributed by atoms with van der Waals surface area (Å²) in [4.78, 5) is 12.5. The van der Waals surface area contributed by atoms with Crippen molar-refractivity contribution in [1.29, 1.82) is 5.26 Å². The SMILES string of the molecule is N#Cc1ccc(N(CCO)C2CCC2)c([N+](=O)[O-])c1. The molecule has 0 amide bonds. The van der Waals surface area contributed by atoms with Crippen LogP contribution in [0.3, 0.4) is 0 Å². The number of rotatable bonds is 5. The standard InChI is InChI=1S/C13H15N3O3/c14-9-10-4-5-12(13(8-10)16(18)19)15(6-7-17)11-2-1-3-11/h4-5,8,11,17H,1-3,6-7H2. The average molecular weight is 261 g/mol. The number of aliphatic hydroxyl groups is 1. The van der Waals surface area contributed by atoms with E-state index in [9.17, 15) is 10.1 Å². The van der Waals surface area contributed by atoms with Gasteiger partial charge in [0, 0.05) is 18.7 Å². The number of aliphatic hydroxyl groups excluding tert-OH is 1. The Morgan fingerprint density at radius 2 is 2.26 bits per heavy atom. The summed E-state index contributed by atoms with van der Waals surface area (Å²) in [5, 5.41) is 29.1. The van der Waals surface area contributed by atoms with E-state index in [2.05, 4.69) is 0 Å². The molecule has 0 saturated heterocycles. The number of nitrogens with zero attached hydrogens (tertiary/aromatic N) is 3. The third kappa shape index (κ3) is 2.66. The van der Waals surface area contributed by atoms with Crippen LogP contribution in [0, 0.1) is 21.4 Å². The number of hydrogen-bond acceptors (Lipinski definition) is 5. The monoisotopic (exact) mass is 261 g/mol. The highest BCUT2D eigenvalue weighted by atomic mass is 16.6. The Kier molecular flexibility index (Phi) is 3.97. The molecule has 1 N–H and O–H groups in total. The van der Waals surface area contributed by atoms with Gasteiger partial charge in [-0.05, 0) is 31.4 Å². The maximum atomic E-state index is 11.1. The van der Waals surface area contributed by atoms with Crippen LogP contribution in [-0.2, 0) is 0 Å². The van der Waals surface area contributed by atoms with Gasteiger partial charge in [0.25, 0.3) is 5.69 Å². The molecule has 2 rings (SSSR count). The number of anilines is 1. The topological polar surface area (TPSA) is 90.4 Å². The van der Waals surface area contributed by atoms with Crippen LogP contribution in [0.2, 0.25) is 0 Å². The molecule has 1 aliphatic rings. The van der Waals surface area contributed by atoms with Gasteiger partial charge in [-0.15, -0.1) is 0 Å². The average Bonchev–Trinajstić information content (AvgIpc) is 2.35. The van der Waals surface area contributed by atoms with Gasteiger partial charge in [0.15, 0.2) is 0 Å². The van der Waals surface area contributed by atoms with Gasteiger partial charge in [-0.25, -0.2) is 0 Å². The van der Waals surface area contributed by atoms with Crippen molar-refractivity contribution in [2.45, 2.75) is 25.3 Å². The molecule has 1 saturated carbocycles. The lowest BCUT2D eigenvalue weighted by atomic mass is 9.91. The maximum absolute atomic E-state index is 11.1. The molecule has 0 radical (unpaired) electrons. The molecule has 0 bridgehead atoms. The van der Waals surface area contributed by atoms with Crippen LogP contribution in [0.15, 0.2) is 18.2 Å². The summed E-state index contributed by atoms with van der Waals surface area (Å²) in [6, 6.07) is 6.62. The third-order valence-electron chi connectivity index (χ3n) is 3.47. The quantitative estimate of drug-likeness (QED) is 0.645. The molecule has 1 aromatic rings. The Morgan fingerprint density at radius 3 is 2.74 bits per heavy atom. The molecule has 1 aliphatic carbocycles. The van der Waals surface area contributed by atoms with Crippen molar-refractivity contribution in [3.63, 3.8) is 0 Å². The van der Waals surface area contributed by atoms with Crippen LogP contribution in [0.25, 0.3) is 0 Å². The highest BCUT2D eigenvalue weighted by Crippen LogP contribution is 2.35. The van der Waals surface area contributed by atoms with Gasteiger partial charge in [0.2, 0.25) is 0 Å². The second kappa shape index (κ2) is 5.67. The molecule has 0 spiro atoms. The van der Waals surface area contributed by atoms with Crippen molar-refractivity contribution in [2.75, 3.05) is 18.1 Å². The van der Waals surface area contributed by atoms with Crippen LogP contribution in [-0.4, -0.2) is 29.2 Å². The Bertz CT molecular complexity index is 520. The Balaban J connectivity index is 2.40. The lowest BCUT2D eigenvalue weighted by Crippen LogP contribution is -2.42. The van der Waals surface area contributed by atoms with E-state index in [4.69, 9.17) is 10.4 Å². The second-order valence-corrected chi connectivity index (χ2v) is 4.57. The minimum absolute atomic E-state index is 0.0480. The highest BCUT2D eigenvalue weighted by molar-refractivity contribution is 5.66. The predicted molar refractivity (Wildman–Crippen MR) is 69.9 cm³/mol. The number of benzene rings is 1. The van der Waals surface area contributed by atoms with E-state index in [1.165, 1.54) is 6.07 Å². The Hall–Kier alpha value is -2.13. The molecule has 0 aromatic heterocycles. The predicted octanol–water partition coefficient (Wildman–Crippen LogP) is 1.82. The maximum Gasteiger partial charge on any atom is 0.293 e. The number of hydrogen-bond donors (Lipinski definition) is 1. The number of nitro groups is 1. The summed E-state index contributed by atoms with van der Waals surface area (Å²) in [5.74, 6) is 0. The van der Waals surface area contributed by atoms with Gasteiger partial charge < -0.3 is 10.0 Å². The molecular formula is C13H15N3O3. The van der Waals surface area contributed by atoms with Crippen molar-refractivity contribution >= 4 is 11.4 Å². The summed E-state index contributed by atoms with van der Waals surface area (Å²) < 4.78 is 0. The molecule has 0 unspecified atom stereocenters. The zero-order chi connectivity index (χ0) is 13.8. The minimum Gasteiger partial charge on any atom is -0.395 e. The van der Waals surface area contributed by atoms with E-state index < -0.39 is 4.92 Å². The first-order valence-corrected chi connectivity index (χ1v) is 6.23. The Morgan fingerprint density at radius 1 is 1.53 bits per heavy atom. The van der Waals surface area contributed by atoms with Gasteiger partial charge >= 0.3 is 0 Å². The van der Waals surface area contributed by atoms with Crippen molar-refractivity contribution in [3.05, 3.63) is 33.9 Å². The van der Waals surface area contributed by atoms with Crippen molar-refractivity contribution in [1.82, 2.24) is 0 Å². The molecule has 6 nitrogen and oxygen atoms in total. The van der Waals surface area contributed by atoms with Crippen molar-refractivity contribution in [2.24, 2.45) is 0 Å². The zero-order valence-electron chi connectivity index (χ0n) is 10.5. The van der Waals surface area contributed by atoms with Gasteiger partial charge in [0.05, 0.1) is 23.2 Å². The van der Waals surface area contributed by atoms with Crippen LogP contribution in [0.1, 0.15) is 24.8 Å². The van der Waals surface area contributed by atoms with E-state index in [0.717, 1.165) is 19.3 Å². The van der Waals surface area contributed by atoms with E-state index >= 15 is 0 Å². The molecule has 19 heavy (non-hydrogen) atoms. The molecule has 1 aromatic carbocycles. The third-order valence-corrected chi connectivity index (χ3v) is 3.47. The zero-order valence-corrected chi connectivity index (χ0v) is 10.5. The minimum atomic E-state index is -0.473. The normalized spacial score (nSPS) is 14.5. The fourth-order valence-corrected chi connectivity index (χ4v) is 2.29. The molecule has 1 fully saturated rings. The summed E-state index contributed by atoms with van der Waals surface area (Å²) in [6.07, 6.45) is 3.07. The molecule has 0 heterocycles. The molecule has 0 aliphatic heterocycles. The van der Waals surface area contributed by atoms with Gasteiger partial charge in [-0.3, -0.25) is 10.1 Å². The van der Waals surface area contributed by atoms with Crippen LogP contribution >= 0.6 is 0 Å². The Labute approximate surface area is 111 Å². The summed E-state index contributed by atoms with van der Waals surface area (Å²) in [5.41, 5.74) is 0.690. The molecule has 0 atom stereocenters. The van der Waals surface area contributed by atoms with Crippen molar-refractivity contribution in [3.8, 4) is 6.07 Å². The van der Waals surface area contributed by atoms with Crippen LogP contribution in [0.5, 0.6) is 0 Å². The van der Waals surface area contributed by atoms with E-state index in [0.29, 0.717) is 12.2 Å². The van der Waals surface area contributed by atoms with Crippen molar-refractivity contribution < 1.29 is 10.0 Å². The first kappa shape index (κ1) is 13.3. The first-order valence-electron chi connectivity index (χ1n) is 6.23. The molecular weight excluding hydrogens is 246 g/mol. The molecule has 100 valence electrons. The van der Waals surface area contributed by atoms with Crippen LogP contribution < -0.4 is 4.90 Å². The molecule has 6 heteroatoms. The van der Waals surface area contributed by atoms with Gasteiger partial charge in [-0.1, -0.05) is 0 Å². The fourth-order valence-electron chi connectivity index (χ4n) is 2.29. The summed E-state index contributed by atoms with van der Waals surface area (Å²) in [7, 11) is 0. The van der Waals surface area contributed by atoms with Crippen LogP contribution in [0.4, 0.5) is 11.4 Å². The summed E-state index contributed by atoms with van der Waals surface area (Å²) >= 11 is 0. The smallest absolute Gasteiger partial charge is 0.293 e. The second-order valence-electron chi connectivity index (χ2n) is 4.57. The lowest BCUT2D eigenvalue weighted by molar-refractivity contribution is -0.384. The summed E-state index contributed by atoms with van der Waals surface area (Å²) in [6.45, 7) is 0.324. The number of nitriles is 1. The van der Waals surface area contributed by atoms with Gasteiger partial charge in [-0.2, -0.15) is 5.26 Å². The first-order chi connectivity index (χ1) is 9.17. The van der Waals surface area contributed by atoms with Gasteiger partial charge in [0.1, 0.15) is 5.69 Å². The highest BCUT2D eigenvalue weighted by Gasteiger charge is 2.29. The van der Waals surface area contributed by atoms with E-state index in [1.807, 2.05) is 11.0 Å². The van der Waals surface area contributed by atoms with E-state index in [-0.39, 0.29) is 23.9 Å². The lowest BCUT2D eigenvalue weighted by Gasteiger charge is -2.38.